The van der Waals surface area contributed by atoms with Gasteiger partial charge in [0.05, 0.1) is 0 Å². The Hall–Kier alpha value is -0.830. The predicted molar refractivity (Wildman–Crippen MR) is 76.2 cm³/mol. The molecule has 0 saturated heterocycles. The fraction of sp³-hybridized carbons (Fsp3) is 0.714. The van der Waals surface area contributed by atoms with Gasteiger partial charge in [-0.15, -0.1) is 0 Å². The van der Waals surface area contributed by atoms with Gasteiger partial charge in [0.15, 0.2) is 0 Å². The number of aromatic nitrogens is 2. The van der Waals surface area contributed by atoms with Crippen LogP contribution in [0.15, 0.2) is 6.07 Å². The third-order valence-electron chi connectivity index (χ3n) is 3.75. The highest BCUT2D eigenvalue weighted by Gasteiger charge is 2.35. The Morgan fingerprint density at radius 3 is 2.44 bits per heavy atom. The number of halogens is 1. The molecule has 1 fully saturated rings. The van der Waals surface area contributed by atoms with E-state index in [1.807, 2.05) is 6.07 Å². The molecule has 0 radical (unpaired) electrons. The van der Waals surface area contributed by atoms with Gasteiger partial charge in [-0.1, -0.05) is 39.3 Å². The van der Waals surface area contributed by atoms with Crippen LogP contribution in [0, 0.1) is 0 Å². The summed E-state index contributed by atoms with van der Waals surface area (Å²) in [5, 5.41) is 4.08. The first kappa shape index (κ1) is 13.6. The summed E-state index contributed by atoms with van der Waals surface area (Å²) in [5.74, 6) is 1.66. The Bertz CT molecular complexity index is 428. The third-order valence-corrected chi connectivity index (χ3v) is 3.94. The summed E-state index contributed by atoms with van der Waals surface area (Å²) in [5.41, 5.74) is 0.146. The van der Waals surface area contributed by atoms with Crippen LogP contribution in [0.25, 0.3) is 0 Å². The molecule has 1 heterocycles. The molecular formula is C14H22ClN3. The summed E-state index contributed by atoms with van der Waals surface area (Å²) in [6.45, 7) is 8.52. The quantitative estimate of drug-likeness (QED) is 0.835. The van der Waals surface area contributed by atoms with Gasteiger partial charge in [-0.2, -0.15) is 0 Å². The lowest BCUT2D eigenvalue weighted by Gasteiger charge is -2.42. The molecule has 3 nitrogen and oxygen atoms in total. The smallest absolute Gasteiger partial charge is 0.137 e. The van der Waals surface area contributed by atoms with Crippen molar-refractivity contribution in [3.63, 3.8) is 0 Å². The highest BCUT2D eigenvalue weighted by Crippen LogP contribution is 2.38. The van der Waals surface area contributed by atoms with Gasteiger partial charge in [0.1, 0.15) is 16.8 Å². The van der Waals surface area contributed by atoms with Crippen LogP contribution in [-0.4, -0.2) is 15.5 Å². The molecule has 0 bridgehead atoms. The van der Waals surface area contributed by atoms with Crippen LogP contribution in [0.5, 0.6) is 0 Å². The summed E-state index contributed by atoms with van der Waals surface area (Å²) in [4.78, 5) is 8.93. The second-order valence-corrected chi connectivity index (χ2v) is 6.65. The Morgan fingerprint density at radius 1 is 1.33 bits per heavy atom. The van der Waals surface area contributed by atoms with Crippen LogP contribution in [0.3, 0.4) is 0 Å². The van der Waals surface area contributed by atoms with Crippen LogP contribution < -0.4 is 5.32 Å². The number of hydrogen-bond acceptors (Lipinski definition) is 3. The topological polar surface area (TPSA) is 37.8 Å². The number of anilines is 1. The minimum Gasteiger partial charge on any atom is -0.364 e. The molecule has 0 atom stereocenters. The van der Waals surface area contributed by atoms with Crippen LogP contribution in [0.4, 0.5) is 5.82 Å². The maximum Gasteiger partial charge on any atom is 0.137 e. The molecular weight excluding hydrogens is 246 g/mol. The predicted octanol–water partition coefficient (Wildman–Crippen LogP) is 4.17. The van der Waals surface area contributed by atoms with E-state index in [1.54, 1.807) is 0 Å². The van der Waals surface area contributed by atoms with E-state index in [2.05, 4.69) is 43.0 Å². The second kappa shape index (κ2) is 4.69. The fourth-order valence-electron chi connectivity index (χ4n) is 2.26. The minimum absolute atomic E-state index is 0.0830. The van der Waals surface area contributed by atoms with Gasteiger partial charge in [-0.3, -0.25) is 0 Å². The average Bonchev–Trinajstić information content (AvgIpc) is 2.21. The van der Waals surface area contributed by atoms with Crippen molar-refractivity contribution >= 4 is 17.4 Å². The van der Waals surface area contributed by atoms with Gasteiger partial charge in [-0.05, 0) is 25.7 Å². The van der Waals surface area contributed by atoms with Crippen molar-refractivity contribution in [2.24, 2.45) is 0 Å². The molecule has 0 aromatic carbocycles. The molecule has 0 spiro atoms. The van der Waals surface area contributed by atoms with E-state index in [9.17, 15) is 0 Å². The molecule has 0 amide bonds. The third kappa shape index (κ3) is 2.77. The van der Waals surface area contributed by atoms with Crippen molar-refractivity contribution < 1.29 is 0 Å². The number of nitrogens with zero attached hydrogens (tertiary/aromatic N) is 2. The largest absolute Gasteiger partial charge is 0.364 e. The van der Waals surface area contributed by atoms with E-state index in [1.165, 1.54) is 19.3 Å². The SMILES string of the molecule is CCC1(Nc2cc(Cl)nc(C(C)(C)C)n2)CCC1. The first-order valence-electron chi connectivity index (χ1n) is 6.68. The molecule has 1 saturated carbocycles. The Kier molecular flexibility index (Phi) is 3.54. The molecule has 4 heteroatoms. The molecule has 100 valence electrons. The monoisotopic (exact) mass is 267 g/mol. The lowest BCUT2D eigenvalue weighted by molar-refractivity contribution is 0.268. The summed E-state index contributed by atoms with van der Waals surface area (Å²) < 4.78 is 0. The normalized spacial score (nSPS) is 18.3. The van der Waals surface area contributed by atoms with E-state index >= 15 is 0 Å². The van der Waals surface area contributed by atoms with Crippen molar-refractivity contribution in [2.45, 2.75) is 64.3 Å². The summed E-state index contributed by atoms with van der Waals surface area (Å²) in [6.07, 6.45) is 4.86. The van der Waals surface area contributed by atoms with E-state index in [4.69, 9.17) is 11.6 Å². The summed E-state index contributed by atoms with van der Waals surface area (Å²) >= 11 is 6.10. The molecule has 2 rings (SSSR count). The van der Waals surface area contributed by atoms with Crippen molar-refractivity contribution in [3.05, 3.63) is 17.0 Å². The highest BCUT2D eigenvalue weighted by molar-refractivity contribution is 6.29. The number of hydrogen-bond donors (Lipinski definition) is 1. The Morgan fingerprint density at radius 2 is 2.00 bits per heavy atom. The first-order valence-corrected chi connectivity index (χ1v) is 7.06. The van der Waals surface area contributed by atoms with Crippen LogP contribution in [0.2, 0.25) is 5.15 Å². The number of rotatable bonds is 3. The van der Waals surface area contributed by atoms with Crippen LogP contribution in [0.1, 0.15) is 59.2 Å². The van der Waals surface area contributed by atoms with Gasteiger partial charge in [-0.25, -0.2) is 9.97 Å². The molecule has 0 aliphatic heterocycles. The lowest BCUT2D eigenvalue weighted by atomic mass is 9.75. The molecule has 0 unspecified atom stereocenters. The first-order chi connectivity index (χ1) is 8.35. The fourth-order valence-corrected chi connectivity index (χ4v) is 2.44. The number of nitrogens with one attached hydrogen (secondary N) is 1. The highest BCUT2D eigenvalue weighted by atomic mass is 35.5. The molecule has 1 aromatic heterocycles. The summed E-state index contributed by atoms with van der Waals surface area (Å²) in [6, 6.07) is 1.83. The van der Waals surface area contributed by atoms with Crippen LogP contribution in [-0.2, 0) is 5.41 Å². The van der Waals surface area contributed by atoms with Gasteiger partial charge in [0, 0.05) is 17.0 Å². The summed E-state index contributed by atoms with van der Waals surface area (Å²) in [7, 11) is 0. The van der Waals surface area contributed by atoms with Gasteiger partial charge in [0.25, 0.3) is 0 Å². The van der Waals surface area contributed by atoms with Crippen molar-refractivity contribution in [1.29, 1.82) is 0 Å². The molecule has 1 aliphatic rings. The zero-order valence-corrected chi connectivity index (χ0v) is 12.4. The van der Waals surface area contributed by atoms with E-state index in [0.29, 0.717) is 5.15 Å². The molecule has 1 aliphatic carbocycles. The van der Waals surface area contributed by atoms with Gasteiger partial charge < -0.3 is 5.32 Å². The van der Waals surface area contributed by atoms with Gasteiger partial charge >= 0.3 is 0 Å². The van der Waals surface area contributed by atoms with Gasteiger partial charge in [0.2, 0.25) is 0 Å². The zero-order valence-electron chi connectivity index (χ0n) is 11.7. The lowest BCUT2D eigenvalue weighted by Crippen LogP contribution is -2.44. The molecule has 1 aromatic rings. The Balaban J connectivity index is 2.26. The molecule has 1 N–H and O–H groups in total. The molecule has 18 heavy (non-hydrogen) atoms. The second-order valence-electron chi connectivity index (χ2n) is 6.26. The maximum absolute atomic E-state index is 6.10. The van der Waals surface area contributed by atoms with Crippen molar-refractivity contribution in [1.82, 2.24) is 9.97 Å². The van der Waals surface area contributed by atoms with E-state index < -0.39 is 0 Å². The standard InChI is InChI=1S/C14H22ClN3/c1-5-14(7-6-8-14)18-11-9-10(15)16-12(17-11)13(2,3)4/h9H,5-8H2,1-4H3,(H,16,17,18). The Labute approximate surface area is 114 Å². The zero-order chi connectivity index (χ0) is 13.4. The van der Waals surface area contributed by atoms with E-state index in [-0.39, 0.29) is 11.0 Å². The van der Waals surface area contributed by atoms with Crippen molar-refractivity contribution in [2.75, 3.05) is 5.32 Å². The minimum atomic E-state index is -0.0830. The van der Waals surface area contributed by atoms with E-state index in [0.717, 1.165) is 18.1 Å². The average molecular weight is 268 g/mol. The maximum atomic E-state index is 6.10. The van der Waals surface area contributed by atoms with Crippen LogP contribution >= 0.6 is 11.6 Å². The van der Waals surface area contributed by atoms with Crippen molar-refractivity contribution in [3.8, 4) is 0 Å².